The van der Waals surface area contributed by atoms with Crippen molar-refractivity contribution in [1.29, 1.82) is 0 Å². The summed E-state index contributed by atoms with van der Waals surface area (Å²) in [6, 6.07) is 0.676. The Hall–Kier alpha value is -3.40. The van der Waals surface area contributed by atoms with Crippen LogP contribution in [0.25, 0.3) is 5.65 Å². The Bertz CT molecular complexity index is 1570. The lowest BCUT2D eigenvalue weighted by Gasteiger charge is -2.40. The molecule has 2 fully saturated rings. The van der Waals surface area contributed by atoms with E-state index in [1.165, 1.54) is 38.6 Å². The second kappa shape index (κ2) is 13.4. The van der Waals surface area contributed by atoms with E-state index in [0.29, 0.717) is 16.9 Å². The predicted molar refractivity (Wildman–Crippen MR) is 160 cm³/mol. The van der Waals surface area contributed by atoms with Gasteiger partial charge in [0.25, 0.3) is 11.8 Å². The first-order chi connectivity index (χ1) is 21.2. The molecule has 0 saturated carbocycles. The van der Waals surface area contributed by atoms with Crippen LogP contribution in [0.15, 0.2) is 23.1 Å². The number of ether oxygens (including phenoxy) is 2. The molecular formula is C23H29B4F5N8O5P+. The van der Waals surface area contributed by atoms with Crippen LogP contribution in [0.5, 0.6) is 5.88 Å². The lowest BCUT2D eigenvalue weighted by atomic mass is 9.74. The van der Waals surface area contributed by atoms with Gasteiger partial charge in [-0.25, -0.2) is 28.4 Å². The molecule has 0 aliphatic carbocycles. The van der Waals surface area contributed by atoms with Crippen molar-refractivity contribution in [2.45, 2.75) is 57.1 Å². The summed E-state index contributed by atoms with van der Waals surface area (Å²) in [5, 5.41) is 10.8. The molecular weight excluding hydrogens is 638 g/mol. The van der Waals surface area contributed by atoms with Gasteiger partial charge in [0, 0.05) is 27.9 Å². The summed E-state index contributed by atoms with van der Waals surface area (Å²) in [5.74, 6) is -0.655. The third-order valence-corrected chi connectivity index (χ3v) is 9.65. The van der Waals surface area contributed by atoms with E-state index in [1.54, 1.807) is 26.5 Å². The molecule has 6 radical (unpaired) electrons. The van der Waals surface area contributed by atoms with E-state index >= 15 is 4.39 Å². The maximum atomic E-state index is 15.1. The van der Waals surface area contributed by atoms with Crippen LogP contribution >= 0.6 is 7.17 Å². The van der Waals surface area contributed by atoms with Gasteiger partial charge in [-0.1, -0.05) is 20.8 Å². The molecule has 2 unspecified atom stereocenters. The fourth-order valence-electron chi connectivity index (χ4n) is 4.10. The largest absolute Gasteiger partial charge is 0.477 e. The Labute approximate surface area is 265 Å². The summed E-state index contributed by atoms with van der Waals surface area (Å²) in [6.45, 7) is 1.45. The van der Waals surface area contributed by atoms with Gasteiger partial charge in [-0.3, -0.25) is 4.79 Å². The normalized spacial score (nSPS) is 21.7. The summed E-state index contributed by atoms with van der Waals surface area (Å²) in [5.41, 5.74) is -0.460. The SMILES string of the molecule is CCC(C)(C)C(F)(F)F.COC.[B]C12B(F)C1(F)[P+]([B])([B])NC(=O)N2Cc1cnn2cc(CNC(=O)c3nonc3OC)nc2c1. The molecule has 0 spiro atoms. The number of fused-ring (bicyclic) bond motifs is 2. The molecule has 3 aromatic rings. The number of amides is 3. The van der Waals surface area contributed by atoms with Crippen LogP contribution in [0.2, 0.25) is 0 Å². The number of carbonyl (C=O) groups excluding carboxylic acids is 2. The van der Waals surface area contributed by atoms with Gasteiger partial charge < -0.3 is 24.0 Å². The maximum absolute atomic E-state index is 15.1. The average molecular weight is 667 g/mol. The minimum atomic E-state index is -4.05. The summed E-state index contributed by atoms with van der Waals surface area (Å²) in [6.07, 6.45) is -0.974. The monoisotopic (exact) mass is 667 g/mol. The molecule has 13 nitrogen and oxygen atoms in total. The molecule has 0 bridgehead atoms. The van der Waals surface area contributed by atoms with Crippen LogP contribution in [0.1, 0.15) is 48.9 Å². The van der Waals surface area contributed by atoms with E-state index in [4.69, 9.17) is 27.7 Å². The highest BCUT2D eigenvalue weighted by atomic mass is 31.2. The number of urea groups is 1. The third kappa shape index (κ3) is 6.68. The molecule has 2 atom stereocenters. The average Bonchev–Trinajstić information content (AvgIpc) is 3.42. The maximum Gasteiger partial charge on any atom is 0.455 e. The number of alkyl halides is 4. The van der Waals surface area contributed by atoms with Crippen molar-refractivity contribution in [3.8, 4) is 5.88 Å². The molecule has 0 aromatic carbocycles. The number of rotatable bonds is 7. The van der Waals surface area contributed by atoms with Crippen LogP contribution in [0.3, 0.4) is 0 Å². The van der Waals surface area contributed by atoms with Crippen LogP contribution in [-0.2, 0) is 17.8 Å². The lowest BCUT2D eigenvalue weighted by molar-refractivity contribution is -0.212. The van der Waals surface area contributed by atoms with Crippen molar-refractivity contribution in [2.24, 2.45) is 5.41 Å². The number of hydrogen-bond donors (Lipinski definition) is 2. The molecule has 3 amide bonds. The topological polar surface area (TPSA) is 149 Å². The highest BCUT2D eigenvalue weighted by molar-refractivity contribution is 8.16. The van der Waals surface area contributed by atoms with Crippen molar-refractivity contribution < 1.29 is 45.6 Å². The Morgan fingerprint density at radius 2 is 1.87 bits per heavy atom. The van der Waals surface area contributed by atoms with Gasteiger partial charge in [-0.15, -0.1) is 0 Å². The van der Waals surface area contributed by atoms with Crippen LogP contribution in [0.4, 0.5) is 26.7 Å². The number of nitrogens with zero attached hydrogens (tertiary/aromatic N) is 6. The van der Waals surface area contributed by atoms with E-state index in [1.807, 2.05) is 0 Å². The molecule has 2 N–H and O–H groups in total. The predicted octanol–water partition coefficient (Wildman–Crippen LogP) is 2.51. The summed E-state index contributed by atoms with van der Waals surface area (Å²) < 4.78 is 80.1. The fraction of sp³-hybridized carbons (Fsp3) is 0.565. The molecule has 2 aliphatic heterocycles. The zero-order valence-corrected chi connectivity index (χ0v) is 26.6. The molecule has 3 aromatic heterocycles. The second-order valence-corrected chi connectivity index (χ2v) is 13.4. The Balaban J connectivity index is 0.000000412. The van der Waals surface area contributed by atoms with Crippen molar-refractivity contribution in [3.05, 3.63) is 35.4 Å². The van der Waals surface area contributed by atoms with Crippen molar-refractivity contribution in [3.63, 3.8) is 0 Å². The van der Waals surface area contributed by atoms with Gasteiger partial charge in [0.1, 0.15) is 7.85 Å². The Morgan fingerprint density at radius 1 is 1.24 bits per heavy atom. The molecule has 46 heavy (non-hydrogen) atoms. The first-order valence-electron chi connectivity index (χ1n) is 13.4. The minimum absolute atomic E-state index is 0.0146. The van der Waals surface area contributed by atoms with E-state index in [2.05, 4.69) is 40.2 Å². The van der Waals surface area contributed by atoms with Crippen molar-refractivity contribution in [1.82, 2.24) is 40.2 Å². The van der Waals surface area contributed by atoms with Gasteiger partial charge in [0.2, 0.25) is 11.0 Å². The molecule has 23 heteroatoms. The van der Waals surface area contributed by atoms with Crippen LogP contribution in [-0.4, -0.2) is 110 Å². The number of nitrogens with one attached hydrogen (secondary N) is 2. The van der Waals surface area contributed by atoms with Gasteiger partial charge in [0.15, 0.2) is 5.65 Å². The number of carbonyl (C=O) groups is 2. The summed E-state index contributed by atoms with van der Waals surface area (Å²) in [7, 11) is 18.0. The Morgan fingerprint density at radius 3 is 2.41 bits per heavy atom. The molecule has 2 aliphatic rings. The number of halogens is 5. The first-order valence-corrected chi connectivity index (χ1v) is 15.3. The summed E-state index contributed by atoms with van der Waals surface area (Å²) in [4.78, 5) is 29.8. The van der Waals surface area contributed by atoms with Crippen molar-refractivity contribution >= 4 is 54.7 Å². The van der Waals surface area contributed by atoms with Gasteiger partial charge in [-0.05, 0) is 28.4 Å². The number of methoxy groups -OCH3 is 2. The molecule has 242 valence electrons. The number of imidazole rings is 1. The molecule has 5 rings (SSSR count). The third-order valence-electron chi connectivity index (χ3n) is 7.43. The quantitative estimate of drug-likeness (QED) is 0.220. The van der Waals surface area contributed by atoms with Gasteiger partial charge in [0.05, 0.1) is 42.5 Å². The minimum Gasteiger partial charge on any atom is -0.477 e. The smallest absolute Gasteiger partial charge is 0.455 e. The zero-order valence-electron chi connectivity index (χ0n) is 25.7. The van der Waals surface area contributed by atoms with Gasteiger partial charge >= 0.3 is 34.3 Å². The standard InChI is InChI=1S/C15H12B4F2N8O4P.C6H11F3.C2H6O/c1-32-12-10(25-33-26-12)11(30)22-4-8-6-29-9(24-8)2-7(3-23-29)5-28-13(31)27-34(17,18)15(20)14(28,16)19(15)21;1-4-5(2,3)6(7,8)9;1-3-2/h2-3,6H,4-5H2,1H3,(H,22,30)(H,27,31);4H2,1-3H3;1-2H3/q+1;;. The number of aromatic nitrogens is 5. The molecule has 5 heterocycles. The lowest BCUT2D eigenvalue weighted by Crippen LogP contribution is -2.57. The van der Waals surface area contributed by atoms with E-state index in [9.17, 15) is 27.1 Å². The fourth-order valence-corrected chi connectivity index (χ4v) is 6.03. The van der Waals surface area contributed by atoms with E-state index < -0.39 is 48.3 Å². The number of hydrogen-bond acceptors (Lipinski definition) is 9. The van der Waals surface area contributed by atoms with Crippen LogP contribution < -0.4 is 15.1 Å². The highest BCUT2D eigenvalue weighted by Gasteiger charge is 2.95. The Kier molecular flexibility index (Phi) is 10.8. The zero-order chi connectivity index (χ0) is 34.9. The summed E-state index contributed by atoms with van der Waals surface area (Å²) >= 11 is 0. The van der Waals surface area contributed by atoms with E-state index in [-0.39, 0.29) is 31.1 Å². The second-order valence-electron chi connectivity index (χ2n) is 11.0. The molecule has 2 saturated heterocycles. The van der Waals surface area contributed by atoms with E-state index in [0.717, 1.165) is 4.90 Å². The van der Waals surface area contributed by atoms with Crippen LogP contribution in [0, 0.1) is 5.41 Å². The highest BCUT2D eigenvalue weighted by Crippen LogP contribution is 2.77. The van der Waals surface area contributed by atoms with Gasteiger partial charge in [-0.2, -0.15) is 18.3 Å². The first kappa shape index (κ1) is 37.1. The van der Waals surface area contributed by atoms with Crippen molar-refractivity contribution in [2.75, 3.05) is 21.3 Å².